The number of benzene rings is 1. The Labute approximate surface area is 86.1 Å². The first kappa shape index (κ1) is 10.5. The molecule has 0 spiro atoms. The van der Waals surface area contributed by atoms with E-state index in [1.807, 2.05) is 12.1 Å². The molecule has 0 amide bonds. The van der Waals surface area contributed by atoms with Gasteiger partial charge in [-0.15, -0.1) is 0 Å². The van der Waals surface area contributed by atoms with Gasteiger partial charge in [0.2, 0.25) is 0 Å². The molecule has 0 aliphatic heterocycles. The van der Waals surface area contributed by atoms with Crippen LogP contribution in [0, 0.1) is 28.5 Å². The minimum Gasteiger partial charge on any atom is -0.207 e. The standard InChI is InChI=1S/C10H6ClFN2/c11-8-5-7(1-3-13)9(2-4-14)10(12)6-8/h5-6H,1-2H2. The van der Waals surface area contributed by atoms with E-state index in [2.05, 4.69) is 0 Å². The van der Waals surface area contributed by atoms with Crippen LogP contribution < -0.4 is 0 Å². The van der Waals surface area contributed by atoms with E-state index in [-0.39, 0.29) is 23.4 Å². The predicted molar refractivity (Wildman–Crippen MR) is 50.0 cm³/mol. The third-order valence-electron chi connectivity index (χ3n) is 1.78. The van der Waals surface area contributed by atoms with E-state index in [1.54, 1.807) is 0 Å². The molecule has 2 nitrogen and oxygen atoms in total. The molecule has 0 saturated carbocycles. The van der Waals surface area contributed by atoms with Crippen molar-refractivity contribution in [3.63, 3.8) is 0 Å². The van der Waals surface area contributed by atoms with Gasteiger partial charge in [0.25, 0.3) is 0 Å². The fourth-order valence-corrected chi connectivity index (χ4v) is 1.40. The summed E-state index contributed by atoms with van der Waals surface area (Å²) in [5, 5.41) is 17.2. The summed E-state index contributed by atoms with van der Waals surface area (Å²) in [4.78, 5) is 0. The Morgan fingerprint density at radius 2 is 1.86 bits per heavy atom. The monoisotopic (exact) mass is 208 g/mol. The lowest BCUT2D eigenvalue weighted by molar-refractivity contribution is 0.613. The highest BCUT2D eigenvalue weighted by Crippen LogP contribution is 2.20. The molecule has 14 heavy (non-hydrogen) atoms. The van der Waals surface area contributed by atoms with Crippen LogP contribution in [0.2, 0.25) is 5.02 Å². The van der Waals surface area contributed by atoms with E-state index in [4.69, 9.17) is 22.1 Å². The van der Waals surface area contributed by atoms with Crippen LogP contribution in [0.4, 0.5) is 4.39 Å². The third-order valence-corrected chi connectivity index (χ3v) is 2.00. The maximum absolute atomic E-state index is 13.3. The zero-order valence-electron chi connectivity index (χ0n) is 7.22. The Bertz CT molecular complexity index is 429. The first-order valence-electron chi connectivity index (χ1n) is 3.89. The van der Waals surface area contributed by atoms with Crippen LogP contribution in [0.15, 0.2) is 12.1 Å². The Kier molecular flexibility index (Phi) is 3.45. The maximum atomic E-state index is 13.3. The first-order valence-corrected chi connectivity index (χ1v) is 4.27. The molecule has 70 valence electrons. The van der Waals surface area contributed by atoms with Crippen molar-refractivity contribution in [2.45, 2.75) is 12.8 Å². The number of nitrogens with zero attached hydrogens (tertiary/aromatic N) is 2. The van der Waals surface area contributed by atoms with E-state index in [0.29, 0.717) is 5.56 Å². The van der Waals surface area contributed by atoms with Crippen LogP contribution in [0.5, 0.6) is 0 Å². The van der Waals surface area contributed by atoms with Gasteiger partial charge in [0.1, 0.15) is 5.82 Å². The van der Waals surface area contributed by atoms with Crippen LogP contribution in [0.25, 0.3) is 0 Å². The average molecular weight is 209 g/mol. The Morgan fingerprint density at radius 1 is 1.21 bits per heavy atom. The average Bonchev–Trinajstić information content (AvgIpc) is 2.11. The van der Waals surface area contributed by atoms with Crippen molar-refractivity contribution in [3.05, 3.63) is 34.1 Å². The lowest BCUT2D eigenvalue weighted by atomic mass is 10.0. The Balaban J connectivity index is 3.24. The van der Waals surface area contributed by atoms with Crippen LogP contribution >= 0.6 is 11.6 Å². The quantitative estimate of drug-likeness (QED) is 0.750. The van der Waals surface area contributed by atoms with Gasteiger partial charge in [-0.3, -0.25) is 0 Å². The van der Waals surface area contributed by atoms with Crippen molar-refractivity contribution in [3.8, 4) is 12.1 Å². The van der Waals surface area contributed by atoms with E-state index in [1.165, 1.54) is 6.07 Å². The van der Waals surface area contributed by atoms with Crippen LogP contribution in [-0.4, -0.2) is 0 Å². The molecule has 0 aliphatic rings. The van der Waals surface area contributed by atoms with Gasteiger partial charge in [-0.2, -0.15) is 10.5 Å². The van der Waals surface area contributed by atoms with Crippen molar-refractivity contribution in [1.82, 2.24) is 0 Å². The molecule has 0 atom stereocenters. The van der Waals surface area contributed by atoms with Crippen LogP contribution in [-0.2, 0) is 12.8 Å². The Morgan fingerprint density at radius 3 is 2.43 bits per heavy atom. The fraction of sp³-hybridized carbons (Fsp3) is 0.200. The number of hydrogen-bond donors (Lipinski definition) is 0. The van der Waals surface area contributed by atoms with Gasteiger partial charge < -0.3 is 0 Å². The van der Waals surface area contributed by atoms with E-state index < -0.39 is 5.82 Å². The van der Waals surface area contributed by atoms with Gasteiger partial charge in [0, 0.05) is 10.6 Å². The minimum absolute atomic E-state index is 0.0417. The second-order valence-corrected chi connectivity index (χ2v) is 3.13. The highest BCUT2D eigenvalue weighted by molar-refractivity contribution is 6.30. The lowest BCUT2D eigenvalue weighted by Crippen LogP contribution is -1.97. The van der Waals surface area contributed by atoms with E-state index >= 15 is 0 Å². The molecule has 0 unspecified atom stereocenters. The molecule has 1 aromatic rings. The van der Waals surface area contributed by atoms with Crippen molar-refractivity contribution >= 4 is 11.6 Å². The topological polar surface area (TPSA) is 47.6 Å². The van der Waals surface area contributed by atoms with Crippen molar-refractivity contribution in [1.29, 1.82) is 10.5 Å². The zero-order valence-corrected chi connectivity index (χ0v) is 7.98. The molecule has 1 rings (SSSR count). The van der Waals surface area contributed by atoms with E-state index in [0.717, 1.165) is 6.07 Å². The molecular weight excluding hydrogens is 203 g/mol. The summed E-state index contributed by atoms with van der Waals surface area (Å²) in [5.74, 6) is -0.524. The molecule has 4 heteroatoms. The van der Waals surface area contributed by atoms with Gasteiger partial charge >= 0.3 is 0 Å². The molecule has 0 N–H and O–H groups in total. The van der Waals surface area contributed by atoms with Crippen molar-refractivity contribution in [2.24, 2.45) is 0 Å². The fourth-order valence-electron chi connectivity index (χ4n) is 1.18. The van der Waals surface area contributed by atoms with Crippen molar-refractivity contribution in [2.75, 3.05) is 0 Å². The molecule has 0 saturated heterocycles. The zero-order chi connectivity index (χ0) is 10.6. The number of rotatable bonds is 2. The van der Waals surface area contributed by atoms with Gasteiger partial charge in [-0.25, -0.2) is 4.39 Å². The normalized spacial score (nSPS) is 9.14. The van der Waals surface area contributed by atoms with Gasteiger partial charge in [0.05, 0.1) is 25.0 Å². The third kappa shape index (κ3) is 2.22. The minimum atomic E-state index is -0.524. The second-order valence-electron chi connectivity index (χ2n) is 2.70. The number of nitriles is 2. The van der Waals surface area contributed by atoms with Gasteiger partial charge in [-0.1, -0.05) is 11.6 Å². The summed E-state index contributed by atoms with van der Waals surface area (Å²) in [5.41, 5.74) is 0.748. The summed E-state index contributed by atoms with van der Waals surface area (Å²) in [6.45, 7) is 0. The van der Waals surface area contributed by atoms with E-state index in [9.17, 15) is 4.39 Å². The summed E-state index contributed by atoms with van der Waals surface area (Å²) in [6.07, 6.45) is 0.0223. The first-order chi connectivity index (χ1) is 6.69. The second kappa shape index (κ2) is 4.60. The number of hydrogen-bond acceptors (Lipinski definition) is 2. The highest BCUT2D eigenvalue weighted by Gasteiger charge is 2.09. The molecule has 0 aromatic heterocycles. The lowest BCUT2D eigenvalue weighted by Gasteiger charge is -2.05. The Hall–Kier alpha value is -1.58. The highest BCUT2D eigenvalue weighted by atomic mass is 35.5. The summed E-state index contributed by atoms with van der Waals surface area (Å²) < 4.78 is 13.3. The molecule has 0 radical (unpaired) electrons. The summed E-state index contributed by atoms with van der Waals surface area (Å²) in [7, 11) is 0. The smallest absolute Gasteiger partial charge is 0.129 e. The van der Waals surface area contributed by atoms with Gasteiger partial charge in [0.15, 0.2) is 0 Å². The molecule has 1 aromatic carbocycles. The summed E-state index contributed by atoms with van der Waals surface area (Å²) >= 11 is 5.63. The van der Waals surface area contributed by atoms with Crippen LogP contribution in [0.3, 0.4) is 0 Å². The number of halogens is 2. The molecule has 0 heterocycles. The molecular formula is C10H6ClFN2. The van der Waals surface area contributed by atoms with Crippen molar-refractivity contribution < 1.29 is 4.39 Å². The maximum Gasteiger partial charge on any atom is 0.129 e. The largest absolute Gasteiger partial charge is 0.207 e. The summed E-state index contributed by atoms with van der Waals surface area (Å²) in [6, 6.07) is 6.42. The van der Waals surface area contributed by atoms with Crippen LogP contribution in [0.1, 0.15) is 11.1 Å². The SMILES string of the molecule is N#CCc1cc(Cl)cc(F)c1CC#N. The molecule has 0 aliphatic carbocycles. The molecule has 0 bridgehead atoms. The van der Waals surface area contributed by atoms with Gasteiger partial charge in [-0.05, 0) is 17.7 Å². The molecule has 0 fully saturated rings. The predicted octanol–water partition coefficient (Wildman–Crippen LogP) is 2.61.